The molecule has 0 saturated heterocycles. The van der Waals surface area contributed by atoms with Gasteiger partial charge in [-0.25, -0.2) is 0 Å². The Bertz CT molecular complexity index is 1240. The van der Waals surface area contributed by atoms with E-state index < -0.39 is 6.10 Å². The summed E-state index contributed by atoms with van der Waals surface area (Å²) in [4.78, 5) is 38.2. The van der Waals surface area contributed by atoms with E-state index in [4.69, 9.17) is 14.2 Å². The van der Waals surface area contributed by atoms with E-state index in [9.17, 15) is 14.4 Å². The molecule has 0 bridgehead atoms. The molecule has 0 amide bonds. The van der Waals surface area contributed by atoms with Gasteiger partial charge in [-0.3, -0.25) is 14.4 Å². The van der Waals surface area contributed by atoms with Crippen molar-refractivity contribution < 1.29 is 28.6 Å². The number of ether oxygens (including phenoxy) is 3. The number of hydrogen-bond acceptors (Lipinski definition) is 6. The largest absolute Gasteiger partial charge is 0.462 e. The van der Waals surface area contributed by atoms with Crippen LogP contribution in [-0.2, 0) is 28.6 Å². The molecule has 0 aromatic carbocycles. The van der Waals surface area contributed by atoms with Crippen LogP contribution in [0.4, 0.5) is 0 Å². The van der Waals surface area contributed by atoms with Gasteiger partial charge in [0, 0.05) is 19.3 Å². The third-order valence-corrected chi connectivity index (χ3v) is 16.0. The summed E-state index contributed by atoms with van der Waals surface area (Å²) in [6, 6.07) is 0. The third kappa shape index (κ3) is 64.6. The van der Waals surface area contributed by atoms with Gasteiger partial charge in [0.15, 0.2) is 6.10 Å². The standard InChI is InChI=1S/C71H134O6/c1-4-7-10-13-16-19-21-23-25-27-29-31-33-35-36-37-39-40-42-44-46-48-50-52-55-58-61-64-70(73)76-67-68(66-75-69(72)63-60-57-54-18-15-12-9-6-3)77-71(74)65-62-59-56-53-51-49-47-45-43-41-38-34-32-30-28-26-24-22-20-17-14-11-8-5-2/h21,23,27,29,68H,4-20,22,24-26,28,30-67H2,1-3H3/b23-21-,29-27-. The summed E-state index contributed by atoms with van der Waals surface area (Å²) < 4.78 is 16.9. The number of rotatable bonds is 65. The second-order valence-electron chi connectivity index (χ2n) is 23.8. The predicted molar refractivity (Wildman–Crippen MR) is 335 cm³/mol. The molecular weight excluding hydrogens is 949 g/mol. The molecule has 0 rings (SSSR count). The first-order chi connectivity index (χ1) is 38.0. The van der Waals surface area contributed by atoms with Crippen LogP contribution in [0.2, 0.25) is 0 Å². The van der Waals surface area contributed by atoms with Gasteiger partial charge < -0.3 is 14.2 Å². The molecule has 0 radical (unpaired) electrons. The zero-order valence-corrected chi connectivity index (χ0v) is 52.3. The van der Waals surface area contributed by atoms with Gasteiger partial charge in [0.05, 0.1) is 0 Å². The Morgan fingerprint density at radius 2 is 0.468 bits per heavy atom. The van der Waals surface area contributed by atoms with E-state index >= 15 is 0 Å². The summed E-state index contributed by atoms with van der Waals surface area (Å²) in [5.41, 5.74) is 0. The minimum atomic E-state index is -0.765. The molecule has 0 aliphatic rings. The molecule has 0 aromatic heterocycles. The van der Waals surface area contributed by atoms with E-state index in [1.165, 1.54) is 289 Å². The van der Waals surface area contributed by atoms with E-state index in [2.05, 4.69) is 45.1 Å². The highest BCUT2D eigenvalue weighted by atomic mass is 16.6. The van der Waals surface area contributed by atoms with E-state index in [0.29, 0.717) is 19.3 Å². The van der Waals surface area contributed by atoms with Crippen molar-refractivity contribution in [2.45, 2.75) is 399 Å². The van der Waals surface area contributed by atoms with Crippen molar-refractivity contribution in [3.8, 4) is 0 Å². The molecular formula is C71H134O6. The van der Waals surface area contributed by atoms with Crippen LogP contribution in [0, 0.1) is 0 Å². The topological polar surface area (TPSA) is 78.9 Å². The number of carbonyl (C=O) groups excluding carboxylic acids is 3. The molecule has 0 heterocycles. The van der Waals surface area contributed by atoms with Crippen LogP contribution in [0.3, 0.4) is 0 Å². The molecule has 0 fully saturated rings. The number of esters is 3. The van der Waals surface area contributed by atoms with Crippen molar-refractivity contribution in [1.29, 1.82) is 0 Å². The van der Waals surface area contributed by atoms with Gasteiger partial charge in [0.2, 0.25) is 0 Å². The van der Waals surface area contributed by atoms with Crippen molar-refractivity contribution in [3.05, 3.63) is 24.3 Å². The summed E-state index contributed by atoms with van der Waals surface area (Å²) in [6.45, 7) is 6.68. The number of hydrogen-bond donors (Lipinski definition) is 0. The van der Waals surface area contributed by atoms with Crippen LogP contribution in [0.1, 0.15) is 393 Å². The lowest BCUT2D eigenvalue weighted by molar-refractivity contribution is -0.167. The Morgan fingerprint density at radius 3 is 0.714 bits per heavy atom. The second-order valence-corrected chi connectivity index (χ2v) is 23.8. The Balaban J connectivity index is 4.06. The Hall–Kier alpha value is -2.11. The molecule has 0 aliphatic carbocycles. The molecule has 0 aromatic rings. The van der Waals surface area contributed by atoms with E-state index in [1.54, 1.807) is 0 Å². The lowest BCUT2D eigenvalue weighted by Crippen LogP contribution is -2.30. The number of carbonyl (C=O) groups is 3. The lowest BCUT2D eigenvalue weighted by Gasteiger charge is -2.18. The van der Waals surface area contributed by atoms with Crippen LogP contribution < -0.4 is 0 Å². The molecule has 77 heavy (non-hydrogen) atoms. The molecule has 0 N–H and O–H groups in total. The average Bonchev–Trinajstić information content (AvgIpc) is 3.43. The van der Waals surface area contributed by atoms with Crippen molar-refractivity contribution in [3.63, 3.8) is 0 Å². The van der Waals surface area contributed by atoms with Crippen molar-refractivity contribution >= 4 is 17.9 Å². The van der Waals surface area contributed by atoms with E-state index in [1.807, 2.05) is 0 Å². The number of allylic oxidation sites excluding steroid dienone is 4. The highest BCUT2D eigenvalue weighted by molar-refractivity contribution is 5.71. The first-order valence-corrected chi connectivity index (χ1v) is 34.8. The summed E-state index contributed by atoms with van der Waals surface area (Å²) >= 11 is 0. The summed E-state index contributed by atoms with van der Waals surface area (Å²) in [6.07, 6.45) is 80.9. The van der Waals surface area contributed by atoms with Crippen LogP contribution in [0.25, 0.3) is 0 Å². The van der Waals surface area contributed by atoms with Crippen LogP contribution in [0.5, 0.6) is 0 Å². The van der Waals surface area contributed by atoms with Crippen molar-refractivity contribution in [1.82, 2.24) is 0 Å². The first kappa shape index (κ1) is 74.9. The second kappa shape index (κ2) is 66.4. The van der Waals surface area contributed by atoms with Gasteiger partial charge in [-0.2, -0.15) is 0 Å². The maximum absolute atomic E-state index is 12.9. The van der Waals surface area contributed by atoms with Crippen molar-refractivity contribution in [2.24, 2.45) is 0 Å². The van der Waals surface area contributed by atoms with E-state index in [0.717, 1.165) is 64.2 Å². The quantitative estimate of drug-likeness (QED) is 0.0261. The lowest BCUT2D eigenvalue weighted by atomic mass is 10.0. The maximum atomic E-state index is 12.9. The van der Waals surface area contributed by atoms with Crippen LogP contribution >= 0.6 is 0 Å². The van der Waals surface area contributed by atoms with Gasteiger partial charge in [-0.15, -0.1) is 0 Å². The zero-order valence-electron chi connectivity index (χ0n) is 52.3. The van der Waals surface area contributed by atoms with Crippen LogP contribution in [0.15, 0.2) is 24.3 Å². The minimum absolute atomic E-state index is 0.0648. The minimum Gasteiger partial charge on any atom is -0.462 e. The van der Waals surface area contributed by atoms with Crippen LogP contribution in [-0.4, -0.2) is 37.2 Å². The van der Waals surface area contributed by atoms with E-state index in [-0.39, 0.29) is 31.1 Å². The van der Waals surface area contributed by atoms with Gasteiger partial charge in [0.25, 0.3) is 0 Å². The fourth-order valence-corrected chi connectivity index (χ4v) is 10.7. The molecule has 0 spiro atoms. The Labute approximate surface area is 481 Å². The van der Waals surface area contributed by atoms with Gasteiger partial charge >= 0.3 is 17.9 Å². The zero-order chi connectivity index (χ0) is 55.7. The fraction of sp³-hybridized carbons (Fsp3) is 0.901. The Kier molecular flexibility index (Phi) is 64.6. The molecule has 1 atom stereocenters. The highest BCUT2D eigenvalue weighted by Gasteiger charge is 2.19. The molecule has 1 unspecified atom stereocenters. The van der Waals surface area contributed by atoms with Gasteiger partial charge in [-0.05, 0) is 51.4 Å². The molecule has 0 aliphatic heterocycles. The first-order valence-electron chi connectivity index (χ1n) is 34.8. The molecule has 6 heteroatoms. The smallest absolute Gasteiger partial charge is 0.306 e. The third-order valence-electron chi connectivity index (χ3n) is 16.0. The molecule has 6 nitrogen and oxygen atoms in total. The fourth-order valence-electron chi connectivity index (χ4n) is 10.7. The number of unbranched alkanes of at least 4 members (excludes halogenated alkanes) is 50. The van der Waals surface area contributed by atoms with Gasteiger partial charge in [0.1, 0.15) is 13.2 Å². The predicted octanol–water partition coefficient (Wildman–Crippen LogP) is 23.8. The normalized spacial score (nSPS) is 12.1. The maximum Gasteiger partial charge on any atom is 0.306 e. The molecule has 0 saturated carbocycles. The summed E-state index contributed by atoms with van der Waals surface area (Å²) in [5, 5.41) is 0. The monoisotopic (exact) mass is 1080 g/mol. The SMILES string of the molecule is CCCCCCC/C=C\C/C=C\CCCCCCCCCCCCCCCCCC(=O)OCC(COC(=O)CCCCCCCCCC)OC(=O)CCCCCCCCCCCCCCCCCCCCCCCCCC. The molecule has 454 valence electrons. The van der Waals surface area contributed by atoms with Gasteiger partial charge in [-0.1, -0.05) is 347 Å². The summed E-state index contributed by atoms with van der Waals surface area (Å²) in [7, 11) is 0. The Morgan fingerprint density at radius 1 is 0.260 bits per heavy atom. The highest BCUT2D eigenvalue weighted by Crippen LogP contribution is 2.19. The van der Waals surface area contributed by atoms with Crippen molar-refractivity contribution in [2.75, 3.05) is 13.2 Å². The summed E-state index contributed by atoms with van der Waals surface area (Å²) in [5.74, 6) is -0.839. The average molecular weight is 1080 g/mol.